The molecule has 1 rings (SSSR count). The van der Waals surface area contributed by atoms with Crippen LogP contribution in [0.5, 0.6) is 0 Å². The number of carbonyl (C=O) groups excluding carboxylic acids is 1. The molecule has 2 atom stereocenters. The predicted octanol–water partition coefficient (Wildman–Crippen LogP) is -0.428. The molecule has 1 amide bonds. The number of rotatable bonds is 5. The van der Waals surface area contributed by atoms with E-state index in [2.05, 4.69) is 0 Å². The van der Waals surface area contributed by atoms with Gasteiger partial charge in [0.05, 0.1) is 18.4 Å². The van der Waals surface area contributed by atoms with Gasteiger partial charge in [-0.05, 0) is 19.9 Å². The molecule has 2 unspecified atom stereocenters. The van der Waals surface area contributed by atoms with Crippen molar-refractivity contribution in [2.24, 2.45) is 11.8 Å². The van der Waals surface area contributed by atoms with Crippen molar-refractivity contribution < 1.29 is 24.6 Å². The molecule has 0 aromatic heterocycles. The molecule has 0 radical (unpaired) electrons. The Morgan fingerprint density at radius 1 is 1.21 bits per heavy atom. The van der Waals surface area contributed by atoms with E-state index < -0.39 is 23.8 Å². The van der Waals surface area contributed by atoms with Crippen molar-refractivity contribution in [2.45, 2.75) is 13.3 Å². The largest absolute Gasteiger partial charge is 0.481 e. The molecule has 0 aromatic rings. The Bertz CT molecular complexity index is 371. The Balaban J connectivity index is 2.64. The maximum Gasteiger partial charge on any atom is 0.308 e. The van der Waals surface area contributed by atoms with Crippen LogP contribution < -0.4 is 0 Å². The molecule has 1 fully saturated rings. The molecule has 0 spiro atoms. The second kappa shape index (κ2) is 6.51. The molecule has 0 saturated carbocycles. The average Bonchev–Trinajstić information content (AvgIpc) is 2.37. The van der Waals surface area contributed by atoms with Crippen molar-refractivity contribution in [3.63, 3.8) is 0 Å². The normalized spacial score (nSPS) is 23.9. The fraction of sp³-hybridized carbons (Fsp3) is 0.750. The maximum atomic E-state index is 11.8. The number of hydrogen-bond donors (Lipinski definition) is 2. The maximum absolute atomic E-state index is 11.8. The predicted molar refractivity (Wildman–Crippen MR) is 66.6 cm³/mol. The summed E-state index contributed by atoms with van der Waals surface area (Å²) >= 11 is 0. The molecule has 1 heterocycles. The van der Waals surface area contributed by atoms with E-state index in [1.807, 2.05) is 6.92 Å². The molecule has 0 aliphatic carbocycles. The Labute approximate surface area is 111 Å². The lowest BCUT2D eigenvalue weighted by Crippen LogP contribution is -2.49. The SMILES string of the molecule is CCN(C)C(=O)CN1CCC(C(=O)O)C(C(=O)O)C1. The molecule has 19 heavy (non-hydrogen) atoms. The van der Waals surface area contributed by atoms with Crippen LogP contribution >= 0.6 is 0 Å². The van der Waals surface area contributed by atoms with Crippen LogP contribution in [0, 0.1) is 11.8 Å². The van der Waals surface area contributed by atoms with Crippen LogP contribution in [0.15, 0.2) is 0 Å². The number of piperidine rings is 1. The number of hydrogen-bond acceptors (Lipinski definition) is 4. The van der Waals surface area contributed by atoms with Gasteiger partial charge in [-0.1, -0.05) is 0 Å². The zero-order valence-electron chi connectivity index (χ0n) is 11.2. The first-order chi connectivity index (χ1) is 8.86. The van der Waals surface area contributed by atoms with Crippen LogP contribution in [0.1, 0.15) is 13.3 Å². The van der Waals surface area contributed by atoms with Crippen molar-refractivity contribution in [2.75, 3.05) is 33.2 Å². The third kappa shape index (κ3) is 3.92. The number of aliphatic carboxylic acids is 2. The van der Waals surface area contributed by atoms with Gasteiger partial charge in [-0.3, -0.25) is 19.3 Å². The van der Waals surface area contributed by atoms with Gasteiger partial charge in [-0.15, -0.1) is 0 Å². The van der Waals surface area contributed by atoms with E-state index in [9.17, 15) is 14.4 Å². The van der Waals surface area contributed by atoms with Crippen molar-refractivity contribution in [3.05, 3.63) is 0 Å². The summed E-state index contributed by atoms with van der Waals surface area (Å²) in [5, 5.41) is 18.1. The summed E-state index contributed by atoms with van der Waals surface area (Å²) in [6.07, 6.45) is 0.259. The second-order valence-electron chi connectivity index (χ2n) is 4.82. The summed E-state index contributed by atoms with van der Waals surface area (Å²) in [5.74, 6) is -4.10. The molecule has 108 valence electrons. The number of nitrogens with zero attached hydrogens (tertiary/aromatic N) is 2. The lowest BCUT2D eigenvalue weighted by Gasteiger charge is -2.34. The van der Waals surface area contributed by atoms with Gasteiger partial charge in [0.15, 0.2) is 0 Å². The Kier molecular flexibility index (Phi) is 5.29. The van der Waals surface area contributed by atoms with Crippen molar-refractivity contribution in [3.8, 4) is 0 Å². The highest BCUT2D eigenvalue weighted by Gasteiger charge is 2.39. The van der Waals surface area contributed by atoms with Crippen LogP contribution in [-0.4, -0.2) is 71.1 Å². The Morgan fingerprint density at radius 2 is 1.79 bits per heavy atom. The highest BCUT2D eigenvalue weighted by molar-refractivity contribution is 5.81. The fourth-order valence-electron chi connectivity index (χ4n) is 2.20. The van der Waals surface area contributed by atoms with Gasteiger partial charge in [-0.25, -0.2) is 0 Å². The molecule has 2 N–H and O–H groups in total. The lowest BCUT2D eigenvalue weighted by molar-refractivity contribution is -0.157. The summed E-state index contributed by atoms with van der Waals surface area (Å²) in [7, 11) is 1.68. The zero-order valence-corrected chi connectivity index (χ0v) is 11.2. The summed E-state index contributed by atoms with van der Waals surface area (Å²) in [5.41, 5.74) is 0. The quantitative estimate of drug-likeness (QED) is 0.705. The monoisotopic (exact) mass is 272 g/mol. The summed E-state index contributed by atoms with van der Waals surface area (Å²) in [6.45, 7) is 3.13. The number of likely N-dealkylation sites (tertiary alicyclic amines) is 1. The minimum atomic E-state index is -1.12. The molecule has 1 saturated heterocycles. The Hall–Kier alpha value is -1.63. The first-order valence-corrected chi connectivity index (χ1v) is 6.28. The Morgan fingerprint density at radius 3 is 2.26 bits per heavy atom. The van der Waals surface area contributed by atoms with Gasteiger partial charge < -0.3 is 15.1 Å². The van der Waals surface area contributed by atoms with Crippen LogP contribution in [0.25, 0.3) is 0 Å². The van der Waals surface area contributed by atoms with E-state index in [4.69, 9.17) is 10.2 Å². The topological polar surface area (TPSA) is 98.2 Å². The van der Waals surface area contributed by atoms with Gasteiger partial charge in [0.1, 0.15) is 0 Å². The number of likely N-dealkylation sites (N-methyl/N-ethyl adjacent to an activating group) is 1. The standard InChI is InChI=1S/C12H20N2O5/c1-3-13(2)10(15)7-14-5-4-8(11(16)17)9(6-14)12(18)19/h8-9H,3-7H2,1-2H3,(H,16,17)(H,18,19). The van der Waals surface area contributed by atoms with E-state index in [1.54, 1.807) is 16.8 Å². The third-order valence-corrected chi connectivity index (χ3v) is 3.59. The van der Waals surface area contributed by atoms with Crippen molar-refractivity contribution in [1.29, 1.82) is 0 Å². The third-order valence-electron chi connectivity index (χ3n) is 3.59. The molecule has 1 aliphatic rings. The first-order valence-electron chi connectivity index (χ1n) is 6.28. The number of carboxylic acids is 2. The van der Waals surface area contributed by atoms with Crippen LogP contribution in [0.3, 0.4) is 0 Å². The molecule has 1 aliphatic heterocycles. The van der Waals surface area contributed by atoms with E-state index in [0.29, 0.717) is 13.1 Å². The molecular formula is C12H20N2O5. The van der Waals surface area contributed by atoms with E-state index in [0.717, 1.165) is 0 Å². The van der Waals surface area contributed by atoms with Crippen LogP contribution in [0.4, 0.5) is 0 Å². The summed E-state index contributed by atoms with van der Waals surface area (Å²) in [6, 6.07) is 0. The van der Waals surface area contributed by atoms with Crippen LogP contribution in [-0.2, 0) is 14.4 Å². The van der Waals surface area contributed by atoms with Gasteiger partial charge in [-0.2, -0.15) is 0 Å². The molecule has 0 bridgehead atoms. The highest BCUT2D eigenvalue weighted by atomic mass is 16.4. The van der Waals surface area contributed by atoms with Crippen molar-refractivity contribution in [1.82, 2.24) is 9.80 Å². The average molecular weight is 272 g/mol. The minimum absolute atomic E-state index is 0.0830. The second-order valence-corrected chi connectivity index (χ2v) is 4.82. The number of carbonyl (C=O) groups is 3. The van der Waals surface area contributed by atoms with Gasteiger partial charge in [0, 0.05) is 20.1 Å². The first kappa shape index (κ1) is 15.4. The minimum Gasteiger partial charge on any atom is -0.481 e. The number of carboxylic acid groups (broad SMARTS) is 2. The highest BCUT2D eigenvalue weighted by Crippen LogP contribution is 2.24. The van der Waals surface area contributed by atoms with Crippen molar-refractivity contribution >= 4 is 17.8 Å². The van der Waals surface area contributed by atoms with Gasteiger partial charge in [0.2, 0.25) is 5.91 Å². The van der Waals surface area contributed by atoms with Gasteiger partial charge in [0.25, 0.3) is 0 Å². The van der Waals surface area contributed by atoms with Gasteiger partial charge >= 0.3 is 11.9 Å². The van der Waals surface area contributed by atoms with Crippen LogP contribution in [0.2, 0.25) is 0 Å². The zero-order chi connectivity index (χ0) is 14.6. The molecule has 0 aromatic carbocycles. The lowest BCUT2D eigenvalue weighted by atomic mass is 9.85. The summed E-state index contributed by atoms with van der Waals surface area (Å²) < 4.78 is 0. The van der Waals surface area contributed by atoms with E-state index in [1.165, 1.54) is 0 Å². The molecule has 7 nitrogen and oxygen atoms in total. The van der Waals surface area contributed by atoms with E-state index in [-0.39, 0.29) is 25.4 Å². The smallest absolute Gasteiger partial charge is 0.308 e. The molecular weight excluding hydrogens is 252 g/mol. The van der Waals surface area contributed by atoms with E-state index >= 15 is 0 Å². The fourth-order valence-corrected chi connectivity index (χ4v) is 2.20. The number of amides is 1. The molecule has 7 heteroatoms. The summed E-state index contributed by atoms with van der Waals surface area (Å²) in [4.78, 5) is 37.1.